The molecule has 0 aliphatic carbocycles. The molecule has 11 heavy (non-hydrogen) atoms. The number of hydrogen-bond acceptors (Lipinski definition) is 2. The highest BCUT2D eigenvalue weighted by Crippen LogP contribution is 2.03. The Morgan fingerprint density at radius 3 is 2.27 bits per heavy atom. The van der Waals surface area contributed by atoms with Gasteiger partial charge in [-0.25, -0.2) is 5.43 Å². The van der Waals surface area contributed by atoms with Gasteiger partial charge < -0.3 is 5.01 Å². The second kappa shape index (κ2) is 6.23. The Labute approximate surface area is 70.2 Å². The summed E-state index contributed by atoms with van der Waals surface area (Å²) in [5.74, 6) is 0. The zero-order valence-corrected chi connectivity index (χ0v) is 7.98. The van der Waals surface area contributed by atoms with Gasteiger partial charge in [0.1, 0.15) is 0 Å². The van der Waals surface area contributed by atoms with Crippen molar-refractivity contribution < 1.29 is 0 Å². The van der Waals surface area contributed by atoms with Gasteiger partial charge in [-0.05, 0) is 19.8 Å². The first kappa shape index (κ1) is 10.5. The summed E-state index contributed by atoms with van der Waals surface area (Å²) in [5, 5.41) is 2.11. The Morgan fingerprint density at radius 2 is 2.00 bits per heavy atom. The maximum Gasteiger partial charge on any atom is 0.0341 e. The van der Waals surface area contributed by atoms with Gasteiger partial charge in [-0.1, -0.05) is 20.4 Å². The second-order valence-electron chi connectivity index (χ2n) is 2.50. The van der Waals surface area contributed by atoms with E-state index in [1.807, 2.05) is 20.8 Å². The van der Waals surface area contributed by atoms with Gasteiger partial charge in [0.05, 0.1) is 0 Å². The molecule has 0 aromatic rings. The monoisotopic (exact) mass is 156 g/mol. The van der Waals surface area contributed by atoms with E-state index in [0.29, 0.717) is 0 Å². The smallest absolute Gasteiger partial charge is 0.0341 e. The molecule has 1 aliphatic rings. The third kappa shape index (κ3) is 4.04. The molecule has 0 unspecified atom stereocenters. The summed E-state index contributed by atoms with van der Waals surface area (Å²) in [7, 11) is 0. The highest BCUT2D eigenvalue weighted by molar-refractivity contribution is 4.87. The summed E-state index contributed by atoms with van der Waals surface area (Å²) in [4.78, 5) is 0. The number of nitrogens with one attached hydrogen (secondary N) is 1. The largest absolute Gasteiger partial charge is 0.313 e. The van der Waals surface area contributed by atoms with E-state index in [2.05, 4.69) is 17.0 Å². The number of nitrogens with zero attached hydrogens (tertiary/aromatic N) is 1. The van der Waals surface area contributed by atoms with E-state index in [9.17, 15) is 0 Å². The molecule has 0 aromatic heterocycles. The summed E-state index contributed by atoms with van der Waals surface area (Å²) >= 11 is 0. The van der Waals surface area contributed by atoms with Crippen molar-refractivity contribution in [3.63, 3.8) is 0 Å². The quantitative estimate of drug-likeness (QED) is 0.625. The summed E-state index contributed by atoms with van der Waals surface area (Å²) < 4.78 is 0. The molecular formula is C9H20N2. The number of rotatable bonds is 1. The fraction of sp³-hybridized carbons (Fsp3) is 0.778. The van der Waals surface area contributed by atoms with Gasteiger partial charge in [0.15, 0.2) is 0 Å². The standard InChI is InChI=1S/C7H14N2.C2H6/c1-7(2)9-6-4-3-5-8-9;1-2/h8H,1,3-6H2,2H3;1-2H3. The summed E-state index contributed by atoms with van der Waals surface area (Å²) in [5.41, 5.74) is 4.37. The highest BCUT2D eigenvalue weighted by atomic mass is 15.5. The van der Waals surface area contributed by atoms with E-state index in [4.69, 9.17) is 0 Å². The first-order valence-corrected chi connectivity index (χ1v) is 4.47. The second-order valence-corrected chi connectivity index (χ2v) is 2.50. The van der Waals surface area contributed by atoms with Crippen LogP contribution in [0.5, 0.6) is 0 Å². The van der Waals surface area contributed by atoms with Gasteiger partial charge in [-0.2, -0.15) is 0 Å². The zero-order valence-electron chi connectivity index (χ0n) is 7.98. The Kier molecular flexibility index (Phi) is 5.94. The minimum Gasteiger partial charge on any atom is -0.313 e. The van der Waals surface area contributed by atoms with Gasteiger partial charge in [-0.3, -0.25) is 0 Å². The van der Waals surface area contributed by atoms with Crippen molar-refractivity contribution in [3.05, 3.63) is 12.3 Å². The third-order valence-corrected chi connectivity index (χ3v) is 1.57. The first-order chi connectivity index (χ1) is 5.30. The van der Waals surface area contributed by atoms with E-state index in [0.717, 1.165) is 18.8 Å². The topological polar surface area (TPSA) is 15.3 Å². The molecule has 1 saturated heterocycles. The molecule has 0 spiro atoms. The lowest BCUT2D eigenvalue weighted by Gasteiger charge is -2.29. The van der Waals surface area contributed by atoms with Crippen LogP contribution in [0.3, 0.4) is 0 Å². The molecule has 0 radical (unpaired) electrons. The lowest BCUT2D eigenvalue weighted by molar-refractivity contribution is 0.205. The minimum absolute atomic E-state index is 1.10. The molecule has 2 nitrogen and oxygen atoms in total. The van der Waals surface area contributed by atoms with Crippen molar-refractivity contribution in [1.29, 1.82) is 0 Å². The fourth-order valence-corrected chi connectivity index (χ4v) is 1.01. The van der Waals surface area contributed by atoms with Crippen molar-refractivity contribution in [2.24, 2.45) is 0 Å². The summed E-state index contributed by atoms with van der Waals surface area (Å²) in [6, 6.07) is 0. The van der Waals surface area contributed by atoms with Crippen LogP contribution >= 0.6 is 0 Å². The van der Waals surface area contributed by atoms with Crippen LogP contribution < -0.4 is 5.43 Å². The lowest BCUT2D eigenvalue weighted by Crippen LogP contribution is -2.41. The van der Waals surface area contributed by atoms with Gasteiger partial charge in [0.2, 0.25) is 0 Å². The molecule has 1 aliphatic heterocycles. The molecular weight excluding hydrogens is 136 g/mol. The number of hydrogen-bond donors (Lipinski definition) is 1. The Bertz CT molecular complexity index is 104. The molecule has 1 rings (SSSR count). The van der Waals surface area contributed by atoms with E-state index < -0.39 is 0 Å². The van der Waals surface area contributed by atoms with Gasteiger partial charge in [0, 0.05) is 18.8 Å². The van der Waals surface area contributed by atoms with Gasteiger partial charge in [0.25, 0.3) is 0 Å². The molecule has 1 fully saturated rings. The zero-order chi connectivity index (χ0) is 8.69. The molecule has 0 amide bonds. The normalized spacial score (nSPS) is 16.8. The van der Waals surface area contributed by atoms with Crippen LogP contribution in [0.2, 0.25) is 0 Å². The molecule has 0 bridgehead atoms. The summed E-state index contributed by atoms with van der Waals surface area (Å²) in [6.07, 6.45) is 2.59. The Balaban J connectivity index is 0.000000461. The van der Waals surface area contributed by atoms with Crippen molar-refractivity contribution in [3.8, 4) is 0 Å². The summed E-state index contributed by atoms with van der Waals surface area (Å²) in [6.45, 7) is 12.1. The molecule has 66 valence electrons. The van der Waals surface area contributed by atoms with Crippen molar-refractivity contribution in [1.82, 2.24) is 10.4 Å². The molecule has 1 heterocycles. The van der Waals surface area contributed by atoms with E-state index >= 15 is 0 Å². The van der Waals surface area contributed by atoms with Crippen LogP contribution in [0.4, 0.5) is 0 Å². The SMILES string of the molecule is C=C(C)N1CCCCN1.CC. The fourth-order valence-electron chi connectivity index (χ4n) is 1.01. The average molecular weight is 156 g/mol. The Morgan fingerprint density at radius 1 is 1.36 bits per heavy atom. The van der Waals surface area contributed by atoms with E-state index in [-0.39, 0.29) is 0 Å². The predicted octanol–water partition coefficient (Wildman–Crippen LogP) is 2.15. The van der Waals surface area contributed by atoms with E-state index in [1.165, 1.54) is 12.8 Å². The van der Waals surface area contributed by atoms with Crippen LogP contribution in [-0.2, 0) is 0 Å². The van der Waals surface area contributed by atoms with Crippen molar-refractivity contribution in [2.45, 2.75) is 33.6 Å². The maximum atomic E-state index is 3.84. The van der Waals surface area contributed by atoms with Crippen molar-refractivity contribution in [2.75, 3.05) is 13.1 Å². The molecule has 0 atom stereocenters. The average Bonchev–Trinajstić information content (AvgIpc) is 2.10. The van der Waals surface area contributed by atoms with Crippen LogP contribution in [0.25, 0.3) is 0 Å². The first-order valence-electron chi connectivity index (χ1n) is 4.47. The van der Waals surface area contributed by atoms with Crippen LogP contribution in [0, 0.1) is 0 Å². The molecule has 2 heteroatoms. The van der Waals surface area contributed by atoms with Gasteiger partial charge in [-0.15, -0.1) is 0 Å². The Hall–Kier alpha value is -0.500. The van der Waals surface area contributed by atoms with Gasteiger partial charge >= 0.3 is 0 Å². The molecule has 1 N–H and O–H groups in total. The maximum absolute atomic E-state index is 3.84. The number of hydrazine groups is 1. The molecule has 0 saturated carbocycles. The molecule has 0 aromatic carbocycles. The van der Waals surface area contributed by atoms with Crippen LogP contribution in [-0.4, -0.2) is 18.1 Å². The highest BCUT2D eigenvalue weighted by Gasteiger charge is 2.06. The van der Waals surface area contributed by atoms with E-state index in [1.54, 1.807) is 0 Å². The lowest BCUT2D eigenvalue weighted by atomic mass is 10.2. The third-order valence-electron chi connectivity index (χ3n) is 1.57. The number of allylic oxidation sites excluding steroid dienone is 1. The minimum atomic E-state index is 1.10. The predicted molar refractivity (Wildman–Crippen MR) is 50.1 cm³/mol. The van der Waals surface area contributed by atoms with Crippen LogP contribution in [0.15, 0.2) is 12.3 Å². The van der Waals surface area contributed by atoms with Crippen LogP contribution in [0.1, 0.15) is 33.6 Å². The van der Waals surface area contributed by atoms with Crippen molar-refractivity contribution >= 4 is 0 Å².